The normalized spacial score (nSPS) is 13.3. The number of carbonyl (C=O) groups excluding carboxylic acids is 3. The molecule has 9 heteroatoms. The van der Waals surface area contributed by atoms with Crippen LogP contribution in [0.2, 0.25) is 0 Å². The SMILES string of the molecule is CC/C=C\C/C=C\C/C=C\C/C=C\C/C=C\C/C=C\CCCCCCCCCCC(=O)OC(COC(=O)CCCCCCCCCCCCCCCCCCCCC/C=C\C/C=C\CCCCCCC)COC(OCC[N+](C)(C)C)C(=O)[O-]. The summed E-state index contributed by atoms with van der Waals surface area (Å²) in [4.78, 5) is 37.5. The van der Waals surface area contributed by atoms with Gasteiger partial charge >= 0.3 is 11.9 Å². The van der Waals surface area contributed by atoms with Gasteiger partial charge in [0.05, 0.1) is 40.3 Å². The quantitative estimate of drug-likeness (QED) is 0.0195. The number of aliphatic carboxylic acids is 1. The molecule has 83 heavy (non-hydrogen) atoms. The second-order valence-electron chi connectivity index (χ2n) is 24.1. The molecule has 0 aliphatic heterocycles. The van der Waals surface area contributed by atoms with E-state index in [0.29, 0.717) is 17.4 Å². The zero-order valence-corrected chi connectivity index (χ0v) is 54.5. The molecule has 0 heterocycles. The highest BCUT2D eigenvalue weighted by molar-refractivity contribution is 5.70. The summed E-state index contributed by atoms with van der Waals surface area (Å²) in [6.45, 7) is 4.64. The van der Waals surface area contributed by atoms with Crippen LogP contribution in [0.3, 0.4) is 0 Å². The van der Waals surface area contributed by atoms with Crippen LogP contribution in [-0.2, 0) is 33.3 Å². The van der Waals surface area contributed by atoms with E-state index in [1.54, 1.807) is 0 Å². The highest BCUT2D eigenvalue weighted by atomic mass is 16.7. The van der Waals surface area contributed by atoms with Crippen molar-refractivity contribution in [2.45, 2.75) is 309 Å². The molecule has 478 valence electrons. The van der Waals surface area contributed by atoms with Gasteiger partial charge in [-0.05, 0) is 96.3 Å². The van der Waals surface area contributed by atoms with Gasteiger partial charge in [-0.1, -0.05) is 284 Å². The van der Waals surface area contributed by atoms with E-state index in [-0.39, 0.29) is 38.6 Å². The van der Waals surface area contributed by atoms with E-state index in [0.717, 1.165) is 89.9 Å². The van der Waals surface area contributed by atoms with Gasteiger partial charge in [-0.15, -0.1) is 0 Å². The Morgan fingerprint density at radius 2 is 0.687 bits per heavy atom. The van der Waals surface area contributed by atoms with E-state index in [4.69, 9.17) is 18.9 Å². The van der Waals surface area contributed by atoms with Gasteiger partial charge in [0.1, 0.15) is 13.2 Å². The fourth-order valence-corrected chi connectivity index (χ4v) is 9.57. The Morgan fingerprint density at radius 3 is 1.02 bits per heavy atom. The van der Waals surface area contributed by atoms with Crippen molar-refractivity contribution in [3.63, 3.8) is 0 Å². The molecule has 0 aliphatic carbocycles. The molecule has 0 amide bonds. The fraction of sp³-hybridized carbons (Fsp3) is 0.743. The van der Waals surface area contributed by atoms with Crippen LogP contribution in [0.25, 0.3) is 0 Å². The summed E-state index contributed by atoms with van der Waals surface area (Å²) in [5.41, 5.74) is 0. The fourth-order valence-electron chi connectivity index (χ4n) is 9.57. The van der Waals surface area contributed by atoms with E-state index < -0.39 is 24.3 Å². The number of quaternary nitrogens is 1. The number of hydrogen-bond acceptors (Lipinski definition) is 8. The molecule has 0 bridgehead atoms. The van der Waals surface area contributed by atoms with Crippen molar-refractivity contribution in [3.8, 4) is 0 Å². The minimum atomic E-state index is -1.63. The van der Waals surface area contributed by atoms with Gasteiger partial charge in [0.15, 0.2) is 12.4 Å². The van der Waals surface area contributed by atoms with Crippen LogP contribution in [0, 0.1) is 0 Å². The van der Waals surface area contributed by atoms with Gasteiger partial charge in [0, 0.05) is 12.8 Å². The standard InChI is InChI=1S/C74H129NO8/c1-6-8-10-12-14-16-18-20-22-24-26-28-30-32-34-35-36-37-39-40-42-44-46-48-50-52-54-56-58-60-62-64-71(76)81-68-70(69-82-74(73(78)79)80-67-66-75(3,4)5)83-72(77)65-63-61-59-57-55-53-51-49-47-45-43-41-38-33-31-29-27-25-23-21-19-17-15-13-11-9-7-2/h9,11,15,17-18,20-21,23-24,26-27,29,33,38,43,45,70,74H,6-8,10,12-14,16,19,22,25,28,30-32,34-37,39-42,44,46-69H2,1-5H3/b11-9-,17-15-,20-18-,23-21-,26-24-,29-27-,38-33-,45-43-. The van der Waals surface area contributed by atoms with E-state index in [9.17, 15) is 19.5 Å². The lowest BCUT2D eigenvalue weighted by molar-refractivity contribution is -0.870. The van der Waals surface area contributed by atoms with Crippen LogP contribution in [0.5, 0.6) is 0 Å². The molecule has 0 spiro atoms. The third-order valence-electron chi connectivity index (χ3n) is 14.8. The molecular formula is C74H129NO8. The number of carbonyl (C=O) groups is 3. The van der Waals surface area contributed by atoms with Crippen LogP contribution in [0.1, 0.15) is 296 Å². The van der Waals surface area contributed by atoms with E-state index in [1.807, 2.05) is 21.1 Å². The van der Waals surface area contributed by atoms with Gasteiger partial charge in [0.25, 0.3) is 0 Å². The number of nitrogens with zero attached hydrogens (tertiary/aromatic N) is 1. The molecule has 0 radical (unpaired) electrons. The largest absolute Gasteiger partial charge is 0.545 e. The van der Waals surface area contributed by atoms with Crippen molar-refractivity contribution >= 4 is 17.9 Å². The molecule has 0 saturated carbocycles. The lowest BCUT2D eigenvalue weighted by Crippen LogP contribution is -2.44. The van der Waals surface area contributed by atoms with Crippen LogP contribution in [-0.4, -0.2) is 82.3 Å². The topological polar surface area (TPSA) is 111 Å². The number of likely N-dealkylation sites (N-methyl/N-ethyl adjacent to an activating group) is 1. The molecule has 0 N–H and O–H groups in total. The number of unbranched alkanes of at least 4 members (excludes halogenated alkanes) is 32. The van der Waals surface area contributed by atoms with E-state index in [1.165, 1.54) is 173 Å². The summed E-state index contributed by atoms with van der Waals surface area (Å²) < 4.78 is 22.8. The maximum atomic E-state index is 12.9. The maximum absolute atomic E-state index is 12.9. The minimum absolute atomic E-state index is 0.143. The molecule has 0 aromatic carbocycles. The third kappa shape index (κ3) is 65.6. The van der Waals surface area contributed by atoms with E-state index >= 15 is 0 Å². The number of esters is 2. The van der Waals surface area contributed by atoms with Gasteiger partial charge < -0.3 is 33.3 Å². The summed E-state index contributed by atoms with van der Waals surface area (Å²) in [5.74, 6) is -2.29. The van der Waals surface area contributed by atoms with Crippen LogP contribution >= 0.6 is 0 Å². The predicted molar refractivity (Wildman–Crippen MR) is 352 cm³/mol. The summed E-state index contributed by atoms with van der Waals surface area (Å²) in [7, 11) is 5.93. The molecule has 0 rings (SSSR count). The van der Waals surface area contributed by atoms with Crippen molar-refractivity contribution in [3.05, 3.63) is 97.2 Å². The first kappa shape index (κ1) is 79.2. The highest BCUT2D eigenvalue weighted by Gasteiger charge is 2.22. The predicted octanol–water partition coefficient (Wildman–Crippen LogP) is 19.9. The Bertz CT molecular complexity index is 1680. The smallest absolute Gasteiger partial charge is 0.306 e. The zero-order valence-electron chi connectivity index (χ0n) is 54.5. The molecule has 2 unspecified atom stereocenters. The minimum Gasteiger partial charge on any atom is -0.545 e. The summed E-state index contributed by atoms with van der Waals surface area (Å²) >= 11 is 0. The van der Waals surface area contributed by atoms with Crippen LogP contribution in [0.15, 0.2) is 97.2 Å². The average Bonchev–Trinajstić information content (AvgIpc) is 3.46. The van der Waals surface area contributed by atoms with Crippen molar-refractivity contribution in [2.75, 3.05) is 47.5 Å². The van der Waals surface area contributed by atoms with Crippen molar-refractivity contribution in [1.82, 2.24) is 0 Å². The Balaban J connectivity index is 4.14. The molecule has 0 fully saturated rings. The summed E-state index contributed by atoms with van der Waals surface area (Å²) in [6.07, 6.45) is 84.8. The van der Waals surface area contributed by atoms with Crippen LogP contribution < -0.4 is 5.11 Å². The average molecular weight is 1160 g/mol. The zero-order chi connectivity index (χ0) is 60.5. The summed E-state index contributed by atoms with van der Waals surface area (Å²) in [6, 6.07) is 0. The molecule has 0 aromatic heterocycles. The highest BCUT2D eigenvalue weighted by Crippen LogP contribution is 2.17. The molecule has 9 nitrogen and oxygen atoms in total. The Kier molecular flexibility index (Phi) is 61.3. The Labute approximate surface area is 512 Å². The number of carboxylic acids is 1. The number of hydrogen-bond donors (Lipinski definition) is 0. The van der Waals surface area contributed by atoms with Crippen molar-refractivity contribution in [1.29, 1.82) is 0 Å². The van der Waals surface area contributed by atoms with Gasteiger partial charge in [-0.3, -0.25) is 9.59 Å². The molecule has 0 aliphatic rings. The monoisotopic (exact) mass is 1160 g/mol. The number of ether oxygens (including phenoxy) is 4. The Hall–Kier alpha value is -3.79. The van der Waals surface area contributed by atoms with Gasteiger partial charge in [-0.2, -0.15) is 0 Å². The van der Waals surface area contributed by atoms with Gasteiger partial charge in [0.2, 0.25) is 0 Å². The number of carboxylic acid groups (broad SMARTS) is 1. The van der Waals surface area contributed by atoms with Crippen molar-refractivity contribution < 1.29 is 42.9 Å². The molecule has 0 aromatic rings. The van der Waals surface area contributed by atoms with Gasteiger partial charge in [-0.25, -0.2) is 0 Å². The lowest BCUT2D eigenvalue weighted by Gasteiger charge is -2.26. The van der Waals surface area contributed by atoms with Crippen molar-refractivity contribution in [2.24, 2.45) is 0 Å². The van der Waals surface area contributed by atoms with E-state index in [2.05, 4.69) is 111 Å². The third-order valence-corrected chi connectivity index (χ3v) is 14.8. The number of rotatable bonds is 63. The van der Waals surface area contributed by atoms with Crippen LogP contribution in [0.4, 0.5) is 0 Å². The molecular weight excluding hydrogens is 1030 g/mol. The lowest BCUT2D eigenvalue weighted by atomic mass is 10.0. The molecule has 2 atom stereocenters. The first-order chi connectivity index (χ1) is 40.6. The molecule has 0 saturated heterocycles. The number of allylic oxidation sites excluding steroid dienone is 16. The second kappa shape index (κ2) is 64.2. The Morgan fingerprint density at radius 1 is 0.373 bits per heavy atom. The second-order valence-corrected chi connectivity index (χ2v) is 24.1. The first-order valence-electron chi connectivity index (χ1n) is 34.4. The summed E-state index contributed by atoms with van der Waals surface area (Å²) in [5, 5.41) is 11.8. The maximum Gasteiger partial charge on any atom is 0.306 e. The first-order valence-corrected chi connectivity index (χ1v) is 34.4.